The summed E-state index contributed by atoms with van der Waals surface area (Å²) in [6.07, 6.45) is 2.31. The summed E-state index contributed by atoms with van der Waals surface area (Å²) in [6, 6.07) is 9.71. The summed E-state index contributed by atoms with van der Waals surface area (Å²) < 4.78 is 28.2. The summed E-state index contributed by atoms with van der Waals surface area (Å²) in [5.74, 6) is -1.50. The second-order valence-corrected chi connectivity index (χ2v) is 10.3. The van der Waals surface area contributed by atoms with Crippen LogP contribution >= 0.6 is 0 Å². The number of amides is 4. The maximum atomic E-state index is 12.9. The zero-order valence-corrected chi connectivity index (χ0v) is 18.9. The Kier molecular flexibility index (Phi) is 5.35. The molecule has 0 spiro atoms. The average Bonchev–Trinajstić information content (AvgIpc) is 3.56. The topological polar surface area (TPSA) is 142 Å². The number of imide groups is 1. The van der Waals surface area contributed by atoms with Crippen molar-refractivity contribution in [2.45, 2.75) is 49.2 Å². The predicted molar refractivity (Wildman–Crippen MR) is 120 cm³/mol. The molecule has 2 aromatic carbocycles. The van der Waals surface area contributed by atoms with Gasteiger partial charge in [-0.1, -0.05) is 6.07 Å². The van der Waals surface area contributed by atoms with Crippen molar-refractivity contribution in [1.82, 2.24) is 15.5 Å². The third-order valence-corrected chi connectivity index (χ3v) is 7.52. The molecule has 3 aliphatic rings. The van der Waals surface area contributed by atoms with Gasteiger partial charge in [0.25, 0.3) is 21.8 Å². The molecule has 4 amide bonds. The molecule has 11 heteroatoms. The van der Waals surface area contributed by atoms with Gasteiger partial charge in [0, 0.05) is 35.8 Å². The first-order chi connectivity index (χ1) is 16.2. The molecule has 1 atom stereocenters. The van der Waals surface area contributed by atoms with Gasteiger partial charge in [-0.25, -0.2) is 8.42 Å². The summed E-state index contributed by atoms with van der Waals surface area (Å²) in [5, 5.41) is 5.10. The fraction of sp³-hybridized carbons (Fsp3) is 0.304. The number of benzene rings is 2. The Hall–Kier alpha value is -3.73. The van der Waals surface area contributed by atoms with E-state index in [0.29, 0.717) is 16.7 Å². The second-order valence-electron chi connectivity index (χ2n) is 8.65. The Balaban J connectivity index is 1.30. The van der Waals surface area contributed by atoms with Crippen LogP contribution < -0.4 is 15.4 Å². The summed E-state index contributed by atoms with van der Waals surface area (Å²) in [5.41, 5.74) is 1.55. The van der Waals surface area contributed by atoms with Gasteiger partial charge in [0.05, 0.1) is 4.90 Å². The van der Waals surface area contributed by atoms with Gasteiger partial charge in [-0.3, -0.25) is 29.2 Å². The van der Waals surface area contributed by atoms with Crippen LogP contribution in [0.4, 0.5) is 5.69 Å². The Bertz CT molecular complexity index is 1320. The van der Waals surface area contributed by atoms with Crippen LogP contribution in [0.1, 0.15) is 52.0 Å². The first kappa shape index (κ1) is 22.1. The fourth-order valence-electron chi connectivity index (χ4n) is 4.11. The first-order valence-corrected chi connectivity index (χ1v) is 12.4. The van der Waals surface area contributed by atoms with E-state index in [9.17, 15) is 27.6 Å². The van der Waals surface area contributed by atoms with Crippen LogP contribution in [-0.2, 0) is 26.2 Å². The van der Waals surface area contributed by atoms with Gasteiger partial charge in [-0.15, -0.1) is 0 Å². The lowest BCUT2D eigenvalue weighted by atomic mass is 10.0. The molecular formula is C23H22N4O6S. The first-order valence-electron chi connectivity index (χ1n) is 10.9. The number of sulfonamides is 1. The Morgan fingerprint density at radius 3 is 2.41 bits per heavy atom. The lowest BCUT2D eigenvalue weighted by molar-refractivity contribution is -0.136. The SMILES string of the molecule is O=C1CCC(N2Cc3ccc(NS(=O)(=O)c4ccc(C(=O)NC5CC5)cc4)cc3C2=O)C(=O)N1. The molecule has 5 rings (SSSR count). The highest BCUT2D eigenvalue weighted by Crippen LogP contribution is 2.30. The van der Waals surface area contributed by atoms with Crippen molar-refractivity contribution in [3.8, 4) is 0 Å². The zero-order valence-electron chi connectivity index (χ0n) is 18.0. The van der Waals surface area contributed by atoms with Crippen LogP contribution in [0, 0.1) is 0 Å². The minimum Gasteiger partial charge on any atom is -0.349 e. The molecule has 34 heavy (non-hydrogen) atoms. The van der Waals surface area contributed by atoms with Crippen LogP contribution in [0.2, 0.25) is 0 Å². The molecule has 2 fully saturated rings. The molecular weight excluding hydrogens is 460 g/mol. The predicted octanol–water partition coefficient (Wildman–Crippen LogP) is 1.14. The van der Waals surface area contributed by atoms with E-state index >= 15 is 0 Å². The second kappa shape index (κ2) is 8.24. The molecule has 2 heterocycles. The van der Waals surface area contributed by atoms with Gasteiger partial charge in [-0.05, 0) is 61.2 Å². The monoisotopic (exact) mass is 482 g/mol. The van der Waals surface area contributed by atoms with Crippen LogP contribution in [0.25, 0.3) is 0 Å². The highest BCUT2D eigenvalue weighted by Gasteiger charge is 2.39. The summed E-state index contributed by atoms with van der Waals surface area (Å²) in [7, 11) is -3.96. The fourth-order valence-corrected chi connectivity index (χ4v) is 5.16. The number of fused-ring (bicyclic) bond motifs is 1. The van der Waals surface area contributed by atoms with E-state index in [4.69, 9.17) is 0 Å². The quantitative estimate of drug-likeness (QED) is 0.527. The van der Waals surface area contributed by atoms with Gasteiger partial charge in [0.15, 0.2) is 0 Å². The smallest absolute Gasteiger partial charge is 0.261 e. The lowest BCUT2D eigenvalue weighted by Gasteiger charge is -2.29. The van der Waals surface area contributed by atoms with E-state index in [1.807, 2.05) is 0 Å². The van der Waals surface area contributed by atoms with E-state index in [1.54, 1.807) is 12.1 Å². The molecule has 1 aliphatic carbocycles. The summed E-state index contributed by atoms with van der Waals surface area (Å²) in [6.45, 7) is 0.206. The Morgan fingerprint density at radius 2 is 1.74 bits per heavy atom. The Morgan fingerprint density at radius 1 is 1.00 bits per heavy atom. The standard InChI is InChI=1S/C23H22N4O6S/c28-20-10-9-19(22(30)25-20)27-12-14-1-4-16(11-18(14)23(27)31)26-34(32,33)17-7-2-13(3-8-17)21(29)24-15-5-6-15/h1-4,7-8,11,15,19,26H,5-6,9-10,12H2,(H,24,29)(H,25,28,30). The molecule has 0 radical (unpaired) electrons. The number of hydrogen-bond donors (Lipinski definition) is 3. The maximum Gasteiger partial charge on any atom is 0.261 e. The number of carbonyl (C=O) groups excluding carboxylic acids is 4. The number of nitrogens with one attached hydrogen (secondary N) is 3. The highest BCUT2D eigenvalue weighted by molar-refractivity contribution is 7.92. The van der Waals surface area contributed by atoms with Crippen molar-refractivity contribution in [3.05, 3.63) is 59.2 Å². The summed E-state index contributed by atoms with van der Waals surface area (Å²) >= 11 is 0. The number of hydrogen-bond acceptors (Lipinski definition) is 6. The molecule has 1 saturated heterocycles. The highest BCUT2D eigenvalue weighted by atomic mass is 32.2. The number of nitrogens with zero attached hydrogens (tertiary/aromatic N) is 1. The van der Waals surface area contributed by atoms with Gasteiger partial charge < -0.3 is 10.2 Å². The van der Waals surface area contributed by atoms with Crippen LogP contribution in [-0.4, -0.2) is 49.0 Å². The van der Waals surface area contributed by atoms with Gasteiger partial charge in [-0.2, -0.15) is 0 Å². The molecule has 10 nitrogen and oxygen atoms in total. The molecule has 0 aromatic heterocycles. The van der Waals surface area contributed by atoms with Crippen molar-refractivity contribution in [1.29, 1.82) is 0 Å². The van der Waals surface area contributed by atoms with E-state index in [2.05, 4.69) is 15.4 Å². The molecule has 1 saturated carbocycles. The van der Waals surface area contributed by atoms with Crippen LogP contribution in [0.15, 0.2) is 47.4 Å². The largest absolute Gasteiger partial charge is 0.349 e. The molecule has 2 aliphatic heterocycles. The van der Waals surface area contributed by atoms with Crippen molar-refractivity contribution in [3.63, 3.8) is 0 Å². The van der Waals surface area contributed by atoms with E-state index < -0.39 is 27.9 Å². The zero-order chi connectivity index (χ0) is 24.0. The van der Waals surface area contributed by atoms with Gasteiger partial charge >= 0.3 is 0 Å². The van der Waals surface area contributed by atoms with Crippen LogP contribution in [0.3, 0.4) is 0 Å². The van der Waals surface area contributed by atoms with Crippen molar-refractivity contribution in [2.24, 2.45) is 0 Å². The minimum absolute atomic E-state index is 0.0209. The molecule has 0 bridgehead atoms. The number of carbonyl (C=O) groups is 4. The summed E-state index contributed by atoms with van der Waals surface area (Å²) in [4.78, 5) is 50.0. The molecule has 3 N–H and O–H groups in total. The van der Waals surface area contributed by atoms with Crippen molar-refractivity contribution >= 4 is 39.3 Å². The molecule has 2 aromatic rings. The van der Waals surface area contributed by atoms with Crippen molar-refractivity contribution in [2.75, 3.05) is 4.72 Å². The Labute approximate surface area is 195 Å². The third-order valence-electron chi connectivity index (χ3n) is 6.12. The van der Waals surface area contributed by atoms with Gasteiger partial charge in [0.2, 0.25) is 11.8 Å². The van der Waals surface area contributed by atoms with E-state index in [1.165, 1.54) is 35.2 Å². The van der Waals surface area contributed by atoms with Crippen molar-refractivity contribution < 1.29 is 27.6 Å². The number of piperidine rings is 1. The normalized spacial score (nSPS) is 20.1. The number of anilines is 1. The maximum absolute atomic E-state index is 12.9. The molecule has 1 unspecified atom stereocenters. The third kappa shape index (κ3) is 4.26. The average molecular weight is 483 g/mol. The lowest BCUT2D eigenvalue weighted by Crippen LogP contribution is -2.52. The van der Waals surface area contributed by atoms with Crippen LogP contribution in [0.5, 0.6) is 0 Å². The number of rotatable bonds is 6. The minimum atomic E-state index is -3.96. The van der Waals surface area contributed by atoms with Gasteiger partial charge in [0.1, 0.15) is 6.04 Å². The van der Waals surface area contributed by atoms with E-state index in [-0.39, 0.29) is 47.8 Å². The molecule has 176 valence electrons. The van der Waals surface area contributed by atoms with E-state index in [0.717, 1.165) is 12.8 Å².